The molecule has 2 saturated heterocycles. The number of hydrogen-bond acceptors (Lipinski definition) is 5. The number of rotatable bonds is 1. The van der Waals surface area contributed by atoms with Gasteiger partial charge < -0.3 is 10.2 Å². The van der Waals surface area contributed by atoms with Crippen LogP contribution in [0.25, 0.3) is 0 Å². The highest BCUT2D eigenvalue weighted by Crippen LogP contribution is 2.33. The van der Waals surface area contributed by atoms with Gasteiger partial charge in [-0.05, 0) is 12.2 Å². The lowest BCUT2D eigenvalue weighted by atomic mass is 10.4. The molecule has 2 aliphatic rings. The lowest BCUT2D eigenvalue weighted by molar-refractivity contribution is -0.115. The molecule has 6 heteroatoms. The summed E-state index contributed by atoms with van der Waals surface area (Å²) in [5, 5.41) is 4.41. The molecule has 0 radical (unpaired) electrons. The summed E-state index contributed by atoms with van der Waals surface area (Å²) in [4.78, 5) is 14.3. The van der Waals surface area contributed by atoms with E-state index >= 15 is 0 Å². The Balaban J connectivity index is 2.11. The number of thiocarbonyl (C=S) groups is 1. The third-order valence-electron chi connectivity index (χ3n) is 2.25. The number of carbonyl (C=O) groups is 1. The van der Waals surface area contributed by atoms with Crippen molar-refractivity contribution in [1.82, 2.24) is 10.2 Å². The molecule has 1 atom stereocenters. The number of thioether (sulfide) groups is 2. The van der Waals surface area contributed by atoms with Gasteiger partial charge in [0, 0.05) is 18.8 Å². The fourth-order valence-corrected chi connectivity index (χ4v) is 3.66. The van der Waals surface area contributed by atoms with Gasteiger partial charge in [0.1, 0.15) is 4.32 Å². The fraction of sp³-hybridized carbons (Fsp3) is 0.400. The van der Waals surface area contributed by atoms with Crippen LogP contribution in [0.1, 0.15) is 6.92 Å². The van der Waals surface area contributed by atoms with Crippen molar-refractivity contribution in [2.75, 3.05) is 13.6 Å². The highest BCUT2D eigenvalue weighted by molar-refractivity contribution is 8.26. The van der Waals surface area contributed by atoms with Crippen LogP contribution >= 0.6 is 35.7 Å². The van der Waals surface area contributed by atoms with Crippen LogP contribution in [-0.2, 0) is 4.79 Å². The molecule has 1 N–H and O–H groups in total. The zero-order valence-electron chi connectivity index (χ0n) is 9.02. The molecule has 2 heterocycles. The van der Waals surface area contributed by atoms with Crippen molar-refractivity contribution in [2.24, 2.45) is 0 Å². The van der Waals surface area contributed by atoms with E-state index in [-0.39, 0.29) is 5.91 Å². The third kappa shape index (κ3) is 2.61. The number of nitrogens with zero attached hydrogens (tertiary/aromatic N) is 1. The lowest BCUT2D eigenvalue weighted by Gasteiger charge is -2.09. The summed E-state index contributed by atoms with van der Waals surface area (Å²) in [7, 11) is 2.06. The molecule has 0 spiro atoms. The largest absolute Gasteiger partial charge is 0.368 e. The Bertz CT molecular complexity index is 403. The summed E-state index contributed by atoms with van der Waals surface area (Å²) in [6.07, 6.45) is 3.83. The molecular formula is C10H12N2OS3. The Hall–Kier alpha value is -0.460. The number of hydrogen-bond donors (Lipinski definition) is 1. The van der Waals surface area contributed by atoms with Gasteiger partial charge in [-0.1, -0.05) is 30.9 Å². The Labute approximate surface area is 109 Å². The first-order valence-electron chi connectivity index (χ1n) is 4.89. The summed E-state index contributed by atoms with van der Waals surface area (Å²) >= 11 is 8.06. The minimum Gasteiger partial charge on any atom is -0.368 e. The normalized spacial score (nSPS) is 30.6. The van der Waals surface area contributed by atoms with Crippen LogP contribution in [0.5, 0.6) is 0 Å². The number of nitrogens with one attached hydrogen (secondary N) is 1. The predicted molar refractivity (Wildman–Crippen MR) is 74.2 cm³/mol. The second kappa shape index (κ2) is 4.81. The van der Waals surface area contributed by atoms with Crippen molar-refractivity contribution < 1.29 is 4.79 Å². The molecule has 3 nitrogen and oxygen atoms in total. The van der Waals surface area contributed by atoms with Crippen molar-refractivity contribution in [3.8, 4) is 0 Å². The van der Waals surface area contributed by atoms with Gasteiger partial charge in [0.05, 0.1) is 9.93 Å². The van der Waals surface area contributed by atoms with Gasteiger partial charge in [0.2, 0.25) is 0 Å². The van der Waals surface area contributed by atoms with Crippen molar-refractivity contribution >= 4 is 46.0 Å². The van der Waals surface area contributed by atoms with E-state index in [1.54, 1.807) is 0 Å². The van der Waals surface area contributed by atoms with E-state index in [9.17, 15) is 4.79 Å². The summed E-state index contributed by atoms with van der Waals surface area (Å²) in [5.74, 6) is -0.0921. The van der Waals surface area contributed by atoms with Crippen molar-refractivity contribution in [3.05, 3.63) is 22.1 Å². The summed E-state index contributed by atoms with van der Waals surface area (Å²) < 4.78 is 0.537. The van der Waals surface area contributed by atoms with Gasteiger partial charge in [0.25, 0.3) is 5.91 Å². The van der Waals surface area contributed by atoms with E-state index < -0.39 is 0 Å². The van der Waals surface area contributed by atoms with E-state index in [1.165, 1.54) is 16.8 Å². The van der Waals surface area contributed by atoms with Crippen molar-refractivity contribution in [1.29, 1.82) is 0 Å². The lowest BCUT2D eigenvalue weighted by Crippen LogP contribution is -2.17. The first kappa shape index (κ1) is 12.0. The molecule has 1 unspecified atom stereocenters. The van der Waals surface area contributed by atoms with Crippen LogP contribution in [0.2, 0.25) is 0 Å². The molecule has 2 fully saturated rings. The van der Waals surface area contributed by atoms with Gasteiger partial charge in [-0.2, -0.15) is 0 Å². The maximum Gasteiger partial charge on any atom is 0.263 e. The van der Waals surface area contributed by atoms with Gasteiger partial charge in [-0.25, -0.2) is 0 Å². The number of carbonyl (C=O) groups excluding carboxylic acids is 1. The molecule has 86 valence electrons. The molecule has 0 aromatic rings. The van der Waals surface area contributed by atoms with Crippen LogP contribution in [0, 0.1) is 0 Å². The monoisotopic (exact) mass is 272 g/mol. The Morgan fingerprint density at radius 2 is 2.31 bits per heavy atom. The molecule has 2 rings (SSSR count). The minimum absolute atomic E-state index is 0.0921. The molecule has 0 aliphatic carbocycles. The second-order valence-corrected chi connectivity index (χ2v) is 6.87. The highest BCUT2D eigenvalue weighted by atomic mass is 32.2. The zero-order chi connectivity index (χ0) is 11.7. The average molecular weight is 272 g/mol. The zero-order valence-corrected chi connectivity index (χ0v) is 11.5. The standard InChI is InChI=1S/C10H12N2OS3/c1-6-5-12(2)8(15-6)4-3-7-9(13)11-10(14)16-7/h3-4,6H,5H2,1-2H3,(H,11,13,14). The maximum atomic E-state index is 11.4. The van der Waals surface area contributed by atoms with Crippen molar-refractivity contribution in [2.45, 2.75) is 12.2 Å². The first-order valence-corrected chi connectivity index (χ1v) is 6.99. The average Bonchev–Trinajstić information content (AvgIpc) is 2.66. The Morgan fingerprint density at radius 1 is 1.56 bits per heavy atom. The Kier molecular flexibility index (Phi) is 3.61. The van der Waals surface area contributed by atoms with E-state index in [0.717, 1.165) is 6.54 Å². The molecule has 16 heavy (non-hydrogen) atoms. The maximum absolute atomic E-state index is 11.4. The third-order valence-corrected chi connectivity index (χ3v) is 4.67. The van der Waals surface area contributed by atoms with Gasteiger partial charge in [-0.15, -0.1) is 11.8 Å². The quantitative estimate of drug-likeness (QED) is 0.582. The summed E-state index contributed by atoms with van der Waals surface area (Å²) in [5.41, 5.74) is 0. The van der Waals surface area contributed by atoms with E-state index in [1.807, 2.05) is 23.9 Å². The minimum atomic E-state index is -0.0921. The predicted octanol–water partition coefficient (Wildman–Crippen LogP) is 1.93. The molecule has 0 aromatic carbocycles. The van der Waals surface area contributed by atoms with Gasteiger partial charge >= 0.3 is 0 Å². The van der Waals surface area contributed by atoms with Crippen LogP contribution < -0.4 is 5.32 Å². The van der Waals surface area contributed by atoms with E-state index in [2.05, 4.69) is 24.2 Å². The number of allylic oxidation sites excluding steroid dienone is 2. The second-order valence-electron chi connectivity index (χ2n) is 3.69. The van der Waals surface area contributed by atoms with E-state index in [4.69, 9.17) is 12.2 Å². The molecule has 0 saturated carbocycles. The SMILES string of the molecule is CC1CN(C)C(=CC=C2SC(=S)NC2=O)S1. The Morgan fingerprint density at radius 3 is 2.81 bits per heavy atom. The molecule has 2 aliphatic heterocycles. The molecule has 0 aromatic heterocycles. The van der Waals surface area contributed by atoms with Crippen LogP contribution in [0.15, 0.2) is 22.1 Å². The van der Waals surface area contributed by atoms with Crippen LogP contribution in [0.3, 0.4) is 0 Å². The first-order chi connectivity index (χ1) is 7.56. The van der Waals surface area contributed by atoms with Crippen molar-refractivity contribution in [3.63, 3.8) is 0 Å². The summed E-state index contributed by atoms with van der Waals surface area (Å²) in [6, 6.07) is 0. The topological polar surface area (TPSA) is 32.3 Å². The smallest absolute Gasteiger partial charge is 0.263 e. The molecular weight excluding hydrogens is 260 g/mol. The fourth-order valence-electron chi connectivity index (χ4n) is 1.56. The molecule has 0 bridgehead atoms. The highest BCUT2D eigenvalue weighted by Gasteiger charge is 2.23. The molecule has 1 amide bonds. The summed E-state index contributed by atoms with van der Waals surface area (Å²) in [6.45, 7) is 3.25. The number of amides is 1. The van der Waals surface area contributed by atoms with E-state index in [0.29, 0.717) is 14.5 Å². The van der Waals surface area contributed by atoms with Crippen LogP contribution in [0.4, 0.5) is 0 Å². The van der Waals surface area contributed by atoms with Gasteiger partial charge in [-0.3, -0.25) is 4.79 Å². The van der Waals surface area contributed by atoms with Crippen LogP contribution in [-0.4, -0.2) is 34.0 Å². The van der Waals surface area contributed by atoms with Gasteiger partial charge in [0.15, 0.2) is 0 Å².